The van der Waals surface area contributed by atoms with Crippen LogP contribution >= 0.6 is 0 Å². The first kappa shape index (κ1) is 10.4. The van der Waals surface area contributed by atoms with Crippen molar-refractivity contribution in [1.82, 2.24) is 0 Å². The van der Waals surface area contributed by atoms with Gasteiger partial charge >= 0.3 is 5.97 Å². The van der Waals surface area contributed by atoms with Crippen molar-refractivity contribution < 1.29 is 9.90 Å². The zero-order valence-electron chi connectivity index (χ0n) is 7.05. The van der Waals surface area contributed by atoms with Gasteiger partial charge < -0.3 is 10.8 Å². The van der Waals surface area contributed by atoms with Crippen molar-refractivity contribution in [3.8, 4) is 0 Å². The van der Waals surface area contributed by atoms with Crippen molar-refractivity contribution in [3.05, 3.63) is 0 Å². The van der Waals surface area contributed by atoms with Gasteiger partial charge in [-0.3, -0.25) is 4.79 Å². The highest BCUT2D eigenvalue weighted by Crippen LogP contribution is 2.13. The lowest BCUT2D eigenvalue weighted by molar-refractivity contribution is -0.137. The Morgan fingerprint density at radius 1 is 1.55 bits per heavy atom. The molecule has 0 rings (SSSR count). The molecule has 0 saturated carbocycles. The van der Waals surface area contributed by atoms with Crippen LogP contribution in [-0.4, -0.2) is 17.6 Å². The van der Waals surface area contributed by atoms with Gasteiger partial charge in [0.2, 0.25) is 0 Å². The molecule has 0 heterocycles. The average molecular weight is 159 g/mol. The molecule has 3 N–H and O–H groups in total. The third kappa shape index (κ3) is 5.85. The van der Waals surface area contributed by atoms with Crippen LogP contribution in [0, 0.1) is 5.92 Å². The quantitative estimate of drug-likeness (QED) is 0.612. The van der Waals surface area contributed by atoms with Gasteiger partial charge in [-0.05, 0) is 25.3 Å². The van der Waals surface area contributed by atoms with E-state index in [0.29, 0.717) is 12.5 Å². The highest BCUT2D eigenvalue weighted by Gasteiger charge is 2.06. The van der Waals surface area contributed by atoms with Crippen molar-refractivity contribution in [1.29, 1.82) is 0 Å². The summed E-state index contributed by atoms with van der Waals surface area (Å²) in [7, 11) is 0. The fourth-order valence-corrected chi connectivity index (χ4v) is 1.12. The van der Waals surface area contributed by atoms with Crippen LogP contribution < -0.4 is 5.73 Å². The molecule has 3 heteroatoms. The summed E-state index contributed by atoms with van der Waals surface area (Å²) in [5.74, 6) is -0.212. The van der Waals surface area contributed by atoms with Crippen molar-refractivity contribution in [2.75, 3.05) is 6.54 Å². The Labute approximate surface area is 67.6 Å². The molecule has 0 bridgehead atoms. The lowest BCUT2D eigenvalue weighted by Crippen LogP contribution is -2.09. The lowest BCUT2D eigenvalue weighted by atomic mass is 9.97. The fourth-order valence-electron chi connectivity index (χ4n) is 1.12. The van der Waals surface area contributed by atoms with Gasteiger partial charge in [-0.15, -0.1) is 0 Å². The van der Waals surface area contributed by atoms with Crippen LogP contribution in [0.4, 0.5) is 0 Å². The SMILES string of the molecule is CCC(CCN)CCC(=O)O. The Balaban J connectivity index is 3.43. The number of aliphatic carboxylic acids is 1. The normalized spacial score (nSPS) is 12.9. The topological polar surface area (TPSA) is 63.3 Å². The van der Waals surface area contributed by atoms with Gasteiger partial charge in [0.25, 0.3) is 0 Å². The molecular weight excluding hydrogens is 142 g/mol. The van der Waals surface area contributed by atoms with Crippen LogP contribution in [-0.2, 0) is 4.79 Å². The minimum absolute atomic E-state index is 0.276. The number of carbonyl (C=O) groups is 1. The van der Waals surface area contributed by atoms with E-state index in [1.807, 2.05) is 0 Å². The van der Waals surface area contributed by atoms with Gasteiger partial charge in [0, 0.05) is 6.42 Å². The molecule has 11 heavy (non-hydrogen) atoms. The van der Waals surface area contributed by atoms with Gasteiger partial charge in [-0.1, -0.05) is 13.3 Å². The van der Waals surface area contributed by atoms with E-state index in [9.17, 15) is 4.79 Å². The number of hydrogen-bond acceptors (Lipinski definition) is 2. The van der Waals surface area contributed by atoms with E-state index in [2.05, 4.69) is 6.92 Å². The van der Waals surface area contributed by atoms with Crippen LogP contribution in [0.2, 0.25) is 0 Å². The van der Waals surface area contributed by atoms with Crippen LogP contribution in [0.15, 0.2) is 0 Å². The highest BCUT2D eigenvalue weighted by atomic mass is 16.4. The van der Waals surface area contributed by atoms with E-state index < -0.39 is 5.97 Å². The molecule has 0 aliphatic heterocycles. The van der Waals surface area contributed by atoms with E-state index in [4.69, 9.17) is 10.8 Å². The molecule has 0 aromatic rings. The molecule has 0 radical (unpaired) electrons. The second kappa shape index (κ2) is 6.16. The largest absolute Gasteiger partial charge is 0.481 e. The summed E-state index contributed by atoms with van der Waals surface area (Å²) >= 11 is 0. The van der Waals surface area contributed by atoms with Crippen LogP contribution in [0.25, 0.3) is 0 Å². The first-order chi connectivity index (χ1) is 5.20. The average Bonchev–Trinajstić information content (AvgIpc) is 1.97. The molecule has 0 aromatic carbocycles. The predicted octanol–water partition coefficient (Wildman–Crippen LogP) is 1.23. The standard InChI is InChI=1S/C8H17NO2/c1-2-7(5-6-9)3-4-8(10)11/h7H,2-6,9H2,1H3,(H,10,11). The number of rotatable bonds is 6. The molecular formula is C8H17NO2. The van der Waals surface area contributed by atoms with E-state index in [1.165, 1.54) is 0 Å². The molecule has 3 nitrogen and oxygen atoms in total. The maximum absolute atomic E-state index is 10.2. The maximum atomic E-state index is 10.2. The number of carboxylic acids is 1. The molecule has 0 spiro atoms. The minimum atomic E-state index is -0.708. The zero-order chi connectivity index (χ0) is 8.69. The van der Waals surface area contributed by atoms with Crippen molar-refractivity contribution >= 4 is 5.97 Å². The first-order valence-corrected chi connectivity index (χ1v) is 4.12. The van der Waals surface area contributed by atoms with Gasteiger partial charge in [0.15, 0.2) is 0 Å². The second-order valence-electron chi connectivity index (χ2n) is 2.78. The molecule has 0 aliphatic carbocycles. The van der Waals surface area contributed by atoms with Crippen molar-refractivity contribution in [3.63, 3.8) is 0 Å². The number of carboxylic acid groups (broad SMARTS) is 1. The highest BCUT2D eigenvalue weighted by molar-refractivity contribution is 5.66. The Morgan fingerprint density at radius 2 is 2.18 bits per heavy atom. The molecule has 0 aliphatic rings. The first-order valence-electron chi connectivity index (χ1n) is 4.12. The van der Waals surface area contributed by atoms with Crippen LogP contribution in [0.1, 0.15) is 32.6 Å². The van der Waals surface area contributed by atoms with Gasteiger partial charge in [-0.25, -0.2) is 0 Å². The van der Waals surface area contributed by atoms with E-state index in [0.717, 1.165) is 19.3 Å². The second-order valence-corrected chi connectivity index (χ2v) is 2.78. The van der Waals surface area contributed by atoms with Crippen LogP contribution in [0.5, 0.6) is 0 Å². The predicted molar refractivity (Wildman–Crippen MR) is 44.3 cm³/mol. The Bertz CT molecular complexity index is 115. The summed E-state index contributed by atoms with van der Waals surface area (Å²) in [5.41, 5.74) is 5.36. The lowest BCUT2D eigenvalue weighted by Gasteiger charge is -2.10. The molecule has 1 atom stereocenters. The number of nitrogens with two attached hydrogens (primary N) is 1. The Kier molecular flexibility index (Phi) is 5.84. The van der Waals surface area contributed by atoms with Crippen molar-refractivity contribution in [2.45, 2.75) is 32.6 Å². The molecule has 66 valence electrons. The molecule has 0 amide bonds. The third-order valence-electron chi connectivity index (χ3n) is 1.92. The molecule has 0 aromatic heterocycles. The summed E-state index contributed by atoms with van der Waals surface area (Å²) < 4.78 is 0. The van der Waals surface area contributed by atoms with Crippen LogP contribution in [0.3, 0.4) is 0 Å². The summed E-state index contributed by atoms with van der Waals surface area (Å²) in [5, 5.41) is 8.39. The van der Waals surface area contributed by atoms with E-state index in [-0.39, 0.29) is 6.42 Å². The van der Waals surface area contributed by atoms with Gasteiger partial charge in [-0.2, -0.15) is 0 Å². The molecule has 0 fully saturated rings. The summed E-state index contributed by atoms with van der Waals surface area (Å²) in [6, 6.07) is 0. The zero-order valence-corrected chi connectivity index (χ0v) is 7.05. The minimum Gasteiger partial charge on any atom is -0.481 e. The Hall–Kier alpha value is -0.570. The third-order valence-corrected chi connectivity index (χ3v) is 1.92. The Morgan fingerprint density at radius 3 is 2.55 bits per heavy atom. The molecule has 1 unspecified atom stereocenters. The summed E-state index contributed by atoms with van der Waals surface area (Å²) in [4.78, 5) is 10.2. The van der Waals surface area contributed by atoms with Gasteiger partial charge in [0.05, 0.1) is 0 Å². The fraction of sp³-hybridized carbons (Fsp3) is 0.875. The van der Waals surface area contributed by atoms with E-state index in [1.54, 1.807) is 0 Å². The maximum Gasteiger partial charge on any atom is 0.303 e. The number of hydrogen-bond donors (Lipinski definition) is 2. The van der Waals surface area contributed by atoms with Crippen molar-refractivity contribution in [2.24, 2.45) is 11.7 Å². The molecule has 0 saturated heterocycles. The van der Waals surface area contributed by atoms with Gasteiger partial charge in [0.1, 0.15) is 0 Å². The van der Waals surface area contributed by atoms with E-state index >= 15 is 0 Å². The summed E-state index contributed by atoms with van der Waals surface area (Å²) in [6.45, 7) is 2.74. The summed E-state index contributed by atoms with van der Waals surface area (Å²) in [6.07, 6.45) is 3.02. The smallest absolute Gasteiger partial charge is 0.303 e. The monoisotopic (exact) mass is 159 g/mol.